The highest BCUT2D eigenvalue weighted by molar-refractivity contribution is 5.82. The van der Waals surface area contributed by atoms with Crippen molar-refractivity contribution in [1.82, 2.24) is 4.98 Å². The van der Waals surface area contributed by atoms with Crippen molar-refractivity contribution in [2.45, 2.75) is 20.0 Å². The van der Waals surface area contributed by atoms with Gasteiger partial charge in [0.05, 0.1) is 5.56 Å². The molecular weight excluding hydrogens is 255 g/mol. The lowest BCUT2D eigenvalue weighted by Crippen LogP contribution is -2.13. The van der Waals surface area contributed by atoms with Gasteiger partial charge in [-0.1, -0.05) is 6.08 Å². The fourth-order valence-electron chi connectivity index (χ4n) is 1.29. The minimum atomic E-state index is -4.42. The van der Waals surface area contributed by atoms with E-state index in [-0.39, 0.29) is 5.69 Å². The fourth-order valence-corrected chi connectivity index (χ4v) is 1.29. The Hall–Kier alpha value is -1.85. The lowest BCUT2D eigenvalue weighted by Gasteiger charge is -2.15. The second kappa shape index (κ2) is 5.86. The van der Waals surface area contributed by atoms with Gasteiger partial charge in [-0.15, -0.1) is 0 Å². The molecule has 0 atom stereocenters. The van der Waals surface area contributed by atoms with E-state index >= 15 is 0 Å². The Bertz CT molecular complexity index is 502. The standard InChI is InChI=1S/C13H16F3N3/c1-5-9(2)7-17-11-6-10(13(14,15)16)8-18-12(11)19(3)4/h5-8H,1-4H3/b9-5+,17-7?. The Morgan fingerprint density at radius 3 is 2.47 bits per heavy atom. The number of pyridine rings is 1. The van der Waals surface area contributed by atoms with E-state index in [9.17, 15) is 13.2 Å². The molecule has 3 nitrogen and oxygen atoms in total. The molecule has 0 saturated carbocycles. The van der Waals surface area contributed by atoms with E-state index in [1.54, 1.807) is 19.0 Å². The van der Waals surface area contributed by atoms with Gasteiger partial charge in [-0.2, -0.15) is 13.2 Å². The van der Waals surface area contributed by atoms with Gasteiger partial charge in [0.2, 0.25) is 0 Å². The molecule has 0 aliphatic carbocycles. The van der Waals surface area contributed by atoms with E-state index < -0.39 is 11.7 Å². The molecule has 0 aromatic carbocycles. The average Bonchev–Trinajstić information content (AvgIpc) is 2.34. The molecule has 0 amide bonds. The summed E-state index contributed by atoms with van der Waals surface area (Å²) in [5.41, 5.74) is 0.256. The van der Waals surface area contributed by atoms with Crippen LogP contribution in [0, 0.1) is 0 Å². The number of aromatic nitrogens is 1. The van der Waals surface area contributed by atoms with Gasteiger partial charge in [0, 0.05) is 26.5 Å². The van der Waals surface area contributed by atoms with Crippen molar-refractivity contribution in [3.8, 4) is 0 Å². The molecule has 0 aliphatic rings. The summed E-state index contributed by atoms with van der Waals surface area (Å²) in [5, 5.41) is 0. The molecule has 1 aromatic heterocycles. The summed E-state index contributed by atoms with van der Waals surface area (Å²) in [5.74, 6) is 0.396. The molecule has 0 fully saturated rings. The van der Waals surface area contributed by atoms with Crippen molar-refractivity contribution in [1.29, 1.82) is 0 Å². The van der Waals surface area contributed by atoms with Crippen molar-refractivity contribution < 1.29 is 13.2 Å². The molecule has 0 unspecified atom stereocenters. The zero-order valence-electron chi connectivity index (χ0n) is 11.3. The number of nitrogens with zero attached hydrogens (tertiary/aromatic N) is 3. The number of alkyl halides is 3. The third kappa shape index (κ3) is 4.08. The molecule has 0 bridgehead atoms. The van der Waals surface area contributed by atoms with Crippen LogP contribution in [0.4, 0.5) is 24.7 Å². The minimum absolute atomic E-state index is 0.195. The van der Waals surface area contributed by atoms with E-state index in [0.29, 0.717) is 5.82 Å². The smallest absolute Gasteiger partial charge is 0.361 e. The van der Waals surface area contributed by atoms with Crippen LogP contribution in [0.25, 0.3) is 0 Å². The van der Waals surface area contributed by atoms with Crippen molar-refractivity contribution >= 4 is 17.7 Å². The molecule has 0 saturated heterocycles. The highest BCUT2D eigenvalue weighted by Gasteiger charge is 2.31. The van der Waals surface area contributed by atoms with E-state index in [4.69, 9.17) is 0 Å². The van der Waals surface area contributed by atoms with Crippen molar-refractivity contribution in [3.05, 3.63) is 29.5 Å². The van der Waals surface area contributed by atoms with Crippen LogP contribution in [0.2, 0.25) is 0 Å². The summed E-state index contributed by atoms with van der Waals surface area (Å²) < 4.78 is 37.9. The normalized spacial score (nSPS) is 13.1. The quantitative estimate of drug-likeness (QED) is 0.781. The number of hydrogen-bond acceptors (Lipinski definition) is 3. The monoisotopic (exact) mass is 271 g/mol. The molecule has 1 aromatic rings. The van der Waals surface area contributed by atoms with E-state index in [1.165, 1.54) is 6.21 Å². The zero-order chi connectivity index (χ0) is 14.6. The van der Waals surface area contributed by atoms with Crippen molar-refractivity contribution in [3.63, 3.8) is 0 Å². The van der Waals surface area contributed by atoms with Crippen LogP contribution in [0.5, 0.6) is 0 Å². The molecule has 19 heavy (non-hydrogen) atoms. The van der Waals surface area contributed by atoms with Crippen LogP contribution >= 0.6 is 0 Å². The fraction of sp³-hybridized carbons (Fsp3) is 0.385. The Balaban J connectivity index is 3.28. The maximum absolute atomic E-state index is 12.6. The largest absolute Gasteiger partial charge is 0.417 e. The Morgan fingerprint density at radius 1 is 1.37 bits per heavy atom. The van der Waals surface area contributed by atoms with E-state index in [2.05, 4.69) is 9.98 Å². The van der Waals surface area contributed by atoms with Crippen molar-refractivity contribution in [2.75, 3.05) is 19.0 Å². The number of hydrogen-bond donors (Lipinski definition) is 0. The topological polar surface area (TPSA) is 28.5 Å². The summed E-state index contributed by atoms with van der Waals surface area (Å²) in [6.45, 7) is 3.65. The predicted molar refractivity (Wildman–Crippen MR) is 71.1 cm³/mol. The van der Waals surface area contributed by atoms with Gasteiger partial charge < -0.3 is 4.90 Å². The Morgan fingerprint density at radius 2 is 2.00 bits per heavy atom. The van der Waals surface area contributed by atoms with Gasteiger partial charge in [0.15, 0.2) is 5.82 Å². The first-order chi connectivity index (χ1) is 8.75. The second-order valence-electron chi connectivity index (χ2n) is 4.25. The number of halogens is 3. The van der Waals surface area contributed by atoms with E-state index in [0.717, 1.165) is 17.8 Å². The van der Waals surface area contributed by atoms with Gasteiger partial charge in [-0.3, -0.25) is 4.99 Å². The molecule has 1 heterocycles. The summed E-state index contributed by atoms with van der Waals surface area (Å²) in [6.07, 6.45) is -0.265. The number of aliphatic imine (C=N–C) groups is 1. The average molecular weight is 271 g/mol. The van der Waals surface area contributed by atoms with Gasteiger partial charge in [0.25, 0.3) is 0 Å². The first-order valence-electron chi connectivity index (χ1n) is 5.67. The zero-order valence-corrected chi connectivity index (χ0v) is 11.3. The first-order valence-corrected chi connectivity index (χ1v) is 5.67. The third-order valence-corrected chi connectivity index (χ3v) is 2.46. The molecule has 1 rings (SSSR count). The summed E-state index contributed by atoms with van der Waals surface area (Å²) in [4.78, 5) is 9.52. The van der Waals surface area contributed by atoms with Crippen LogP contribution in [0.15, 0.2) is 28.9 Å². The highest BCUT2D eigenvalue weighted by atomic mass is 19.4. The predicted octanol–water partition coefficient (Wildman–Crippen LogP) is 3.83. The first kappa shape index (κ1) is 15.2. The highest BCUT2D eigenvalue weighted by Crippen LogP contribution is 2.34. The second-order valence-corrected chi connectivity index (χ2v) is 4.25. The van der Waals surface area contributed by atoms with Crippen molar-refractivity contribution in [2.24, 2.45) is 4.99 Å². The molecule has 0 aliphatic heterocycles. The van der Waals surface area contributed by atoms with Crippen LogP contribution < -0.4 is 4.90 Å². The Kier molecular flexibility index (Phi) is 4.69. The molecule has 0 spiro atoms. The van der Waals surface area contributed by atoms with Crippen LogP contribution in [0.1, 0.15) is 19.4 Å². The molecular formula is C13H16F3N3. The third-order valence-electron chi connectivity index (χ3n) is 2.46. The van der Waals surface area contributed by atoms with Gasteiger partial charge >= 0.3 is 6.18 Å². The number of allylic oxidation sites excluding steroid dienone is 2. The number of rotatable bonds is 3. The van der Waals surface area contributed by atoms with Crippen LogP contribution in [-0.2, 0) is 6.18 Å². The maximum Gasteiger partial charge on any atom is 0.417 e. The minimum Gasteiger partial charge on any atom is -0.361 e. The maximum atomic E-state index is 12.6. The summed E-state index contributed by atoms with van der Waals surface area (Å²) >= 11 is 0. The Labute approximate surface area is 110 Å². The lowest BCUT2D eigenvalue weighted by molar-refractivity contribution is -0.137. The molecule has 0 radical (unpaired) electrons. The van der Waals surface area contributed by atoms with Crippen LogP contribution in [0.3, 0.4) is 0 Å². The SMILES string of the molecule is C/C=C(\C)C=Nc1cc(C(F)(F)F)cnc1N(C)C. The number of anilines is 1. The van der Waals surface area contributed by atoms with Gasteiger partial charge in [0.1, 0.15) is 5.69 Å². The van der Waals surface area contributed by atoms with Gasteiger partial charge in [-0.05, 0) is 25.5 Å². The summed E-state index contributed by atoms with van der Waals surface area (Å²) in [7, 11) is 3.41. The molecule has 104 valence electrons. The lowest BCUT2D eigenvalue weighted by atomic mass is 10.2. The summed E-state index contributed by atoms with van der Waals surface area (Å²) in [6, 6.07) is 1.00. The molecule has 0 N–H and O–H groups in total. The van der Waals surface area contributed by atoms with E-state index in [1.807, 2.05) is 19.9 Å². The van der Waals surface area contributed by atoms with Crippen LogP contribution in [-0.4, -0.2) is 25.3 Å². The molecule has 6 heteroatoms. The van der Waals surface area contributed by atoms with Gasteiger partial charge in [-0.25, -0.2) is 4.98 Å².